The van der Waals surface area contributed by atoms with E-state index in [1.165, 1.54) is 6.07 Å². The molecule has 1 heterocycles. The molecule has 0 spiro atoms. The van der Waals surface area contributed by atoms with Gasteiger partial charge in [0.25, 0.3) is 0 Å². The minimum Gasteiger partial charge on any atom is -0.399 e. The van der Waals surface area contributed by atoms with Gasteiger partial charge in [0, 0.05) is 16.9 Å². The lowest BCUT2D eigenvalue weighted by atomic mass is 10.0. The van der Waals surface area contributed by atoms with E-state index in [0.29, 0.717) is 17.2 Å². The van der Waals surface area contributed by atoms with E-state index in [1.54, 1.807) is 0 Å². The standard InChI is InChI=1S/C20H22FN3/c1-12(2)10-19-16(13(3)22)11-17(21)20(24-19)23-18-9-5-7-14-6-4-8-15(14)18/h4-7,9,11-12H,3,8,10,22H2,1-2H3,(H,23,24). The Bertz CT molecular complexity index is 822. The number of fused-ring (bicyclic) bond motifs is 1. The SMILES string of the molecule is C=C(N)c1cc(F)c(Nc2cccc3c2CC=C3)nc1CC(C)C. The molecule has 0 saturated carbocycles. The minimum absolute atomic E-state index is 0.232. The van der Waals surface area contributed by atoms with Gasteiger partial charge in [-0.25, -0.2) is 9.37 Å². The van der Waals surface area contributed by atoms with Crippen molar-refractivity contribution in [3.05, 3.63) is 65.1 Å². The Morgan fingerprint density at radius 2 is 2.21 bits per heavy atom. The summed E-state index contributed by atoms with van der Waals surface area (Å²) in [4.78, 5) is 4.51. The maximum atomic E-state index is 14.5. The molecule has 3 rings (SSSR count). The van der Waals surface area contributed by atoms with Crippen molar-refractivity contribution in [3.63, 3.8) is 0 Å². The maximum Gasteiger partial charge on any atom is 0.166 e. The van der Waals surface area contributed by atoms with Crippen molar-refractivity contribution in [2.45, 2.75) is 26.7 Å². The molecule has 24 heavy (non-hydrogen) atoms. The summed E-state index contributed by atoms with van der Waals surface area (Å²) in [5, 5.41) is 3.16. The fourth-order valence-corrected chi connectivity index (χ4v) is 2.97. The van der Waals surface area contributed by atoms with Crippen molar-refractivity contribution in [3.8, 4) is 0 Å². The van der Waals surface area contributed by atoms with Crippen LogP contribution in [0, 0.1) is 11.7 Å². The highest BCUT2D eigenvalue weighted by Crippen LogP contribution is 2.30. The van der Waals surface area contributed by atoms with E-state index in [9.17, 15) is 4.39 Å². The Labute approximate surface area is 142 Å². The normalized spacial score (nSPS) is 12.5. The molecule has 0 atom stereocenters. The number of hydrogen-bond donors (Lipinski definition) is 2. The first kappa shape index (κ1) is 16.2. The van der Waals surface area contributed by atoms with E-state index in [2.05, 4.69) is 48.9 Å². The van der Waals surface area contributed by atoms with Crippen molar-refractivity contribution >= 4 is 23.3 Å². The Kier molecular flexibility index (Phi) is 4.38. The molecular weight excluding hydrogens is 301 g/mol. The molecule has 1 aliphatic carbocycles. The molecule has 0 unspecified atom stereocenters. The van der Waals surface area contributed by atoms with Crippen molar-refractivity contribution < 1.29 is 4.39 Å². The molecule has 0 radical (unpaired) electrons. The molecule has 2 aromatic rings. The number of nitrogens with two attached hydrogens (primary N) is 1. The second-order valence-electron chi connectivity index (χ2n) is 6.54. The Morgan fingerprint density at radius 1 is 1.42 bits per heavy atom. The van der Waals surface area contributed by atoms with Crippen molar-refractivity contribution in [2.75, 3.05) is 5.32 Å². The number of nitrogens with zero attached hydrogens (tertiary/aromatic N) is 1. The van der Waals surface area contributed by atoms with Gasteiger partial charge >= 0.3 is 0 Å². The van der Waals surface area contributed by atoms with Crippen LogP contribution in [0.3, 0.4) is 0 Å². The van der Waals surface area contributed by atoms with Crippen LogP contribution in [0.5, 0.6) is 0 Å². The minimum atomic E-state index is -0.423. The van der Waals surface area contributed by atoms with E-state index >= 15 is 0 Å². The third-order valence-corrected chi connectivity index (χ3v) is 4.09. The van der Waals surface area contributed by atoms with Gasteiger partial charge in [0.15, 0.2) is 11.6 Å². The predicted molar refractivity (Wildman–Crippen MR) is 98.4 cm³/mol. The molecule has 1 aromatic carbocycles. The first-order chi connectivity index (χ1) is 11.5. The van der Waals surface area contributed by atoms with Crippen LogP contribution in [0.1, 0.15) is 36.2 Å². The quantitative estimate of drug-likeness (QED) is 0.841. The summed E-state index contributed by atoms with van der Waals surface area (Å²) in [5.74, 6) is 0.197. The fraction of sp³-hybridized carbons (Fsp3) is 0.250. The van der Waals surface area contributed by atoms with Crippen LogP contribution in [0.25, 0.3) is 11.8 Å². The molecule has 3 nitrogen and oxygen atoms in total. The first-order valence-corrected chi connectivity index (χ1v) is 8.15. The van der Waals surface area contributed by atoms with Crippen LogP contribution in [0.15, 0.2) is 36.9 Å². The first-order valence-electron chi connectivity index (χ1n) is 8.15. The summed E-state index contributed by atoms with van der Waals surface area (Å²) in [5.41, 5.74) is 10.7. The molecule has 0 amide bonds. The highest BCUT2D eigenvalue weighted by Gasteiger charge is 2.16. The molecule has 124 valence electrons. The maximum absolute atomic E-state index is 14.5. The summed E-state index contributed by atoms with van der Waals surface area (Å²) in [6, 6.07) is 7.39. The smallest absolute Gasteiger partial charge is 0.166 e. The van der Waals surface area contributed by atoms with Gasteiger partial charge in [-0.2, -0.15) is 0 Å². The lowest BCUT2D eigenvalue weighted by molar-refractivity contribution is 0.608. The number of benzene rings is 1. The lowest BCUT2D eigenvalue weighted by Crippen LogP contribution is -2.10. The van der Waals surface area contributed by atoms with Crippen LogP contribution in [-0.2, 0) is 12.8 Å². The van der Waals surface area contributed by atoms with Gasteiger partial charge in [-0.05, 0) is 42.0 Å². The number of hydrogen-bond acceptors (Lipinski definition) is 3. The summed E-state index contributed by atoms with van der Waals surface area (Å²) in [7, 11) is 0. The Hall–Kier alpha value is -2.62. The second kappa shape index (κ2) is 6.48. The number of rotatable bonds is 5. The average Bonchev–Trinajstić information content (AvgIpc) is 2.99. The molecule has 1 aliphatic rings. The van der Waals surface area contributed by atoms with E-state index in [0.717, 1.165) is 35.3 Å². The van der Waals surface area contributed by atoms with E-state index in [4.69, 9.17) is 5.73 Å². The van der Waals surface area contributed by atoms with Crippen LogP contribution in [0.2, 0.25) is 0 Å². The van der Waals surface area contributed by atoms with Gasteiger partial charge in [0.2, 0.25) is 0 Å². The molecular formula is C20H22FN3. The summed E-state index contributed by atoms with van der Waals surface area (Å²) < 4.78 is 14.5. The number of nitrogens with one attached hydrogen (secondary N) is 1. The predicted octanol–water partition coefficient (Wildman–Crippen LogP) is 4.66. The molecule has 0 saturated heterocycles. The monoisotopic (exact) mass is 323 g/mol. The number of allylic oxidation sites excluding steroid dienone is 1. The zero-order chi connectivity index (χ0) is 17.3. The zero-order valence-electron chi connectivity index (χ0n) is 14.1. The molecule has 1 aromatic heterocycles. The van der Waals surface area contributed by atoms with Gasteiger partial charge in [0.05, 0.1) is 5.69 Å². The molecule has 4 heteroatoms. The molecule has 0 bridgehead atoms. The summed E-state index contributed by atoms with van der Waals surface area (Å²) in [6.07, 6.45) is 5.74. The molecule has 0 fully saturated rings. The summed E-state index contributed by atoms with van der Waals surface area (Å²) in [6.45, 7) is 7.93. The highest BCUT2D eigenvalue weighted by molar-refractivity contribution is 5.73. The third-order valence-electron chi connectivity index (χ3n) is 4.09. The number of pyridine rings is 1. The van der Waals surface area contributed by atoms with E-state index in [-0.39, 0.29) is 5.82 Å². The van der Waals surface area contributed by atoms with Crippen LogP contribution in [0.4, 0.5) is 15.9 Å². The third kappa shape index (κ3) is 3.18. The average molecular weight is 323 g/mol. The van der Waals surface area contributed by atoms with E-state index < -0.39 is 5.82 Å². The Balaban J connectivity index is 1.99. The van der Waals surface area contributed by atoms with Gasteiger partial charge in [0.1, 0.15) is 0 Å². The van der Waals surface area contributed by atoms with Gasteiger partial charge in [-0.3, -0.25) is 0 Å². The van der Waals surface area contributed by atoms with Crippen molar-refractivity contribution in [2.24, 2.45) is 11.7 Å². The second-order valence-corrected chi connectivity index (χ2v) is 6.54. The summed E-state index contributed by atoms with van der Waals surface area (Å²) >= 11 is 0. The van der Waals surface area contributed by atoms with Gasteiger partial charge in [-0.1, -0.05) is 44.7 Å². The van der Waals surface area contributed by atoms with E-state index in [1.807, 2.05) is 12.1 Å². The van der Waals surface area contributed by atoms with Gasteiger partial charge < -0.3 is 11.1 Å². The number of halogens is 1. The van der Waals surface area contributed by atoms with Crippen molar-refractivity contribution in [1.82, 2.24) is 4.98 Å². The van der Waals surface area contributed by atoms with Crippen LogP contribution < -0.4 is 11.1 Å². The Morgan fingerprint density at radius 3 is 2.92 bits per heavy atom. The number of anilines is 2. The fourth-order valence-electron chi connectivity index (χ4n) is 2.97. The lowest BCUT2D eigenvalue weighted by Gasteiger charge is -2.16. The van der Waals surface area contributed by atoms with Gasteiger partial charge in [-0.15, -0.1) is 0 Å². The van der Waals surface area contributed by atoms with Crippen LogP contribution in [-0.4, -0.2) is 4.98 Å². The zero-order valence-corrected chi connectivity index (χ0v) is 14.1. The number of aromatic nitrogens is 1. The van der Waals surface area contributed by atoms with Crippen molar-refractivity contribution in [1.29, 1.82) is 0 Å². The molecule has 3 N–H and O–H groups in total. The molecule has 0 aliphatic heterocycles. The topological polar surface area (TPSA) is 50.9 Å². The highest BCUT2D eigenvalue weighted by atomic mass is 19.1. The van der Waals surface area contributed by atoms with Crippen LogP contribution >= 0.6 is 0 Å². The largest absolute Gasteiger partial charge is 0.399 e.